The number of likely N-dealkylation sites (N-methyl/N-ethyl adjacent to an activating group) is 1. The highest BCUT2D eigenvalue weighted by Crippen LogP contribution is 2.34. The lowest BCUT2D eigenvalue weighted by Gasteiger charge is -2.34. The lowest BCUT2D eigenvalue weighted by Crippen LogP contribution is -2.45. The highest BCUT2D eigenvalue weighted by atomic mass is 35.5. The van der Waals surface area contributed by atoms with Crippen molar-refractivity contribution in [2.24, 2.45) is 0 Å². The zero-order valence-corrected chi connectivity index (χ0v) is 16.1. The van der Waals surface area contributed by atoms with Crippen molar-refractivity contribution in [3.05, 3.63) is 35.5 Å². The molecule has 130 valence electrons. The number of nitrogens with zero attached hydrogens (tertiary/aromatic N) is 4. The summed E-state index contributed by atoms with van der Waals surface area (Å²) in [4.78, 5) is 14.7. The first-order valence-electron chi connectivity index (χ1n) is 7.54. The first-order chi connectivity index (χ1) is 11.2. The van der Waals surface area contributed by atoms with Crippen LogP contribution in [0.15, 0.2) is 35.2 Å². The van der Waals surface area contributed by atoms with E-state index >= 15 is 0 Å². The first kappa shape index (κ1) is 19.1. The third-order valence-corrected chi connectivity index (χ3v) is 5.01. The van der Waals surface area contributed by atoms with Gasteiger partial charge in [0.15, 0.2) is 0 Å². The maximum atomic E-state index is 6.40. The number of halogens is 2. The Morgan fingerprint density at radius 3 is 2.38 bits per heavy atom. The van der Waals surface area contributed by atoms with Crippen molar-refractivity contribution < 1.29 is 0 Å². The van der Waals surface area contributed by atoms with Crippen molar-refractivity contribution in [1.29, 1.82) is 0 Å². The molecule has 24 heavy (non-hydrogen) atoms. The van der Waals surface area contributed by atoms with Crippen LogP contribution in [-0.4, -0.2) is 54.4 Å². The molecule has 0 amide bonds. The zero-order valence-electron chi connectivity index (χ0n) is 13.7. The van der Waals surface area contributed by atoms with Gasteiger partial charge in [-0.05, 0) is 25.4 Å². The molecule has 3 rings (SSSR count). The van der Waals surface area contributed by atoms with Crippen molar-refractivity contribution in [2.75, 3.05) is 49.7 Å². The van der Waals surface area contributed by atoms with E-state index in [0.29, 0.717) is 11.1 Å². The second-order valence-corrected chi connectivity index (χ2v) is 6.65. The van der Waals surface area contributed by atoms with E-state index < -0.39 is 0 Å². The van der Waals surface area contributed by atoms with Crippen LogP contribution in [0.1, 0.15) is 0 Å². The summed E-state index contributed by atoms with van der Waals surface area (Å²) in [6.07, 6.45) is 2.01. The van der Waals surface area contributed by atoms with E-state index in [4.69, 9.17) is 16.6 Å². The second-order valence-electron chi connectivity index (χ2n) is 5.48. The molecule has 1 aromatic carbocycles. The van der Waals surface area contributed by atoms with E-state index in [9.17, 15) is 0 Å². The molecule has 1 aliphatic rings. The fourth-order valence-corrected chi connectivity index (χ4v) is 3.49. The molecule has 1 saturated heterocycles. The molecule has 2 heterocycles. The predicted molar refractivity (Wildman–Crippen MR) is 106 cm³/mol. The van der Waals surface area contributed by atoms with Crippen molar-refractivity contribution in [1.82, 2.24) is 14.9 Å². The summed E-state index contributed by atoms with van der Waals surface area (Å²) in [6, 6.07) is 9.89. The summed E-state index contributed by atoms with van der Waals surface area (Å²) in [6.45, 7) is 3.94. The number of thioether (sulfide) groups is 1. The molecule has 0 unspecified atom stereocenters. The van der Waals surface area contributed by atoms with Gasteiger partial charge in [-0.3, -0.25) is 0 Å². The largest absolute Gasteiger partial charge is 0.353 e. The van der Waals surface area contributed by atoms with Crippen molar-refractivity contribution >= 4 is 53.2 Å². The fraction of sp³-hybridized carbons (Fsp3) is 0.375. The Morgan fingerprint density at radius 2 is 1.75 bits per heavy atom. The molecular weight excluding hydrogens is 365 g/mol. The molecule has 0 aliphatic carbocycles. The molecule has 1 fully saturated rings. The Bertz CT molecular complexity index is 663. The molecule has 0 bridgehead atoms. The minimum absolute atomic E-state index is 0. The number of piperazine rings is 1. The number of aromatic nitrogens is 2. The van der Waals surface area contributed by atoms with Gasteiger partial charge in [0.1, 0.15) is 11.0 Å². The quantitative estimate of drug-likeness (QED) is 0.638. The smallest absolute Gasteiger partial charge is 0.230 e. The summed E-state index contributed by atoms with van der Waals surface area (Å²) in [5, 5.41) is 3.73. The Kier molecular flexibility index (Phi) is 6.98. The van der Waals surface area contributed by atoms with Crippen LogP contribution in [-0.2, 0) is 0 Å². The third kappa shape index (κ3) is 4.45. The van der Waals surface area contributed by atoms with E-state index in [0.717, 1.165) is 42.6 Å². The topological polar surface area (TPSA) is 44.3 Å². The Morgan fingerprint density at radius 1 is 1.08 bits per heavy atom. The second kappa shape index (κ2) is 8.76. The maximum absolute atomic E-state index is 6.40. The molecular formula is C16H21Cl2N5S. The normalized spacial score (nSPS) is 15.0. The number of rotatable bonds is 4. The van der Waals surface area contributed by atoms with Crippen LogP contribution in [0, 0.1) is 0 Å². The number of hydrogen-bond donors (Lipinski definition) is 1. The first-order valence-corrected chi connectivity index (χ1v) is 9.14. The molecule has 2 aromatic rings. The molecule has 8 heteroatoms. The van der Waals surface area contributed by atoms with Gasteiger partial charge in [0.05, 0.1) is 4.90 Å². The molecule has 0 atom stereocenters. The van der Waals surface area contributed by atoms with Gasteiger partial charge < -0.3 is 15.1 Å². The van der Waals surface area contributed by atoms with Crippen LogP contribution in [0.5, 0.6) is 0 Å². The van der Waals surface area contributed by atoms with Crippen LogP contribution in [0.3, 0.4) is 0 Å². The SMILES string of the molecule is CSc1c(Cl)nc(Nc2ccccc2)nc1N1CCN(C)CC1.Cl. The summed E-state index contributed by atoms with van der Waals surface area (Å²) < 4.78 is 0. The standard InChI is InChI=1S/C16H20ClN5S.ClH/c1-21-8-10-22(11-9-21)15-13(23-2)14(17)19-16(20-15)18-12-6-4-3-5-7-12;/h3-7H,8-11H2,1-2H3,(H,18,19,20);1H. The molecule has 1 aliphatic heterocycles. The van der Waals surface area contributed by atoms with Crippen molar-refractivity contribution in [2.45, 2.75) is 4.90 Å². The number of anilines is 3. The Hall–Kier alpha value is -1.21. The van der Waals surface area contributed by atoms with Crippen LogP contribution >= 0.6 is 35.8 Å². The van der Waals surface area contributed by atoms with Crippen molar-refractivity contribution in [3.8, 4) is 0 Å². The van der Waals surface area contributed by atoms with Crippen LogP contribution in [0.25, 0.3) is 0 Å². The average Bonchev–Trinajstić information content (AvgIpc) is 2.56. The van der Waals surface area contributed by atoms with Gasteiger partial charge in [-0.25, -0.2) is 0 Å². The number of para-hydroxylation sites is 1. The summed E-state index contributed by atoms with van der Waals surface area (Å²) in [7, 11) is 2.14. The summed E-state index contributed by atoms with van der Waals surface area (Å²) in [5.41, 5.74) is 0.949. The van der Waals surface area contributed by atoms with Gasteiger partial charge in [-0.2, -0.15) is 9.97 Å². The average molecular weight is 386 g/mol. The Labute approximate surface area is 158 Å². The van der Waals surface area contributed by atoms with Gasteiger partial charge in [-0.1, -0.05) is 29.8 Å². The van der Waals surface area contributed by atoms with E-state index in [1.807, 2.05) is 36.6 Å². The monoisotopic (exact) mass is 385 g/mol. The van der Waals surface area contributed by atoms with Crippen LogP contribution < -0.4 is 10.2 Å². The summed E-state index contributed by atoms with van der Waals surface area (Å²) >= 11 is 7.99. The maximum Gasteiger partial charge on any atom is 0.230 e. The van der Waals surface area contributed by atoms with Crippen molar-refractivity contribution in [3.63, 3.8) is 0 Å². The van der Waals surface area contributed by atoms with Crippen LogP contribution in [0.4, 0.5) is 17.5 Å². The number of benzene rings is 1. The van der Waals surface area contributed by atoms with Gasteiger partial charge in [-0.15, -0.1) is 24.2 Å². The summed E-state index contributed by atoms with van der Waals surface area (Å²) in [5.74, 6) is 1.46. The minimum Gasteiger partial charge on any atom is -0.353 e. The van der Waals surface area contributed by atoms with Gasteiger partial charge in [0.2, 0.25) is 5.95 Å². The lowest BCUT2D eigenvalue weighted by molar-refractivity contribution is 0.311. The predicted octanol–water partition coefficient (Wildman–Crippen LogP) is 3.77. The zero-order chi connectivity index (χ0) is 16.2. The van der Waals surface area contributed by atoms with E-state index in [1.54, 1.807) is 11.8 Å². The molecule has 0 saturated carbocycles. The lowest BCUT2D eigenvalue weighted by atomic mass is 10.3. The fourth-order valence-electron chi connectivity index (χ4n) is 2.53. The minimum atomic E-state index is 0. The highest BCUT2D eigenvalue weighted by molar-refractivity contribution is 7.98. The van der Waals surface area contributed by atoms with Gasteiger partial charge in [0, 0.05) is 31.9 Å². The van der Waals surface area contributed by atoms with Gasteiger partial charge in [0.25, 0.3) is 0 Å². The van der Waals surface area contributed by atoms with E-state index in [1.165, 1.54) is 0 Å². The third-order valence-electron chi connectivity index (χ3n) is 3.84. The van der Waals surface area contributed by atoms with E-state index in [-0.39, 0.29) is 12.4 Å². The van der Waals surface area contributed by atoms with E-state index in [2.05, 4.69) is 27.1 Å². The highest BCUT2D eigenvalue weighted by Gasteiger charge is 2.21. The molecule has 0 radical (unpaired) electrons. The molecule has 5 nitrogen and oxygen atoms in total. The van der Waals surface area contributed by atoms with Gasteiger partial charge >= 0.3 is 0 Å². The van der Waals surface area contributed by atoms with Crippen LogP contribution in [0.2, 0.25) is 5.15 Å². The molecule has 1 aromatic heterocycles. The molecule has 0 spiro atoms. The Balaban J connectivity index is 0.00000208. The number of nitrogens with one attached hydrogen (secondary N) is 1. The number of hydrogen-bond acceptors (Lipinski definition) is 6. The molecule has 1 N–H and O–H groups in total.